The number of hydrogen-bond acceptors (Lipinski definition) is 2. The van der Waals surface area contributed by atoms with E-state index in [4.69, 9.17) is 0 Å². The first-order valence-corrected chi connectivity index (χ1v) is 7.15. The van der Waals surface area contributed by atoms with Crippen LogP contribution < -0.4 is 5.32 Å². The largest absolute Gasteiger partial charge is 0.316 e. The van der Waals surface area contributed by atoms with Crippen LogP contribution in [0.3, 0.4) is 0 Å². The topological polar surface area (TPSA) is 29.1 Å². The van der Waals surface area contributed by atoms with Crippen LogP contribution in [-0.2, 0) is 10.8 Å². The van der Waals surface area contributed by atoms with Gasteiger partial charge in [0, 0.05) is 21.6 Å². The van der Waals surface area contributed by atoms with E-state index in [9.17, 15) is 4.21 Å². The van der Waals surface area contributed by atoms with Crippen molar-refractivity contribution in [2.45, 2.75) is 63.0 Å². The van der Waals surface area contributed by atoms with Gasteiger partial charge in [0.15, 0.2) is 0 Å². The van der Waals surface area contributed by atoms with E-state index in [0.29, 0.717) is 11.3 Å². The van der Waals surface area contributed by atoms with E-state index < -0.39 is 10.8 Å². The quantitative estimate of drug-likeness (QED) is 0.790. The maximum Gasteiger partial charge on any atom is 0.0508 e. The maximum absolute atomic E-state index is 12.4. The molecular formula is C12H25NOS. The molecule has 0 aliphatic heterocycles. The van der Waals surface area contributed by atoms with Crippen LogP contribution in [0.25, 0.3) is 0 Å². The van der Waals surface area contributed by atoms with Crippen LogP contribution in [0.15, 0.2) is 0 Å². The first-order chi connectivity index (χ1) is 6.86. The Bertz CT molecular complexity index is 234. The molecule has 90 valence electrons. The molecule has 15 heavy (non-hydrogen) atoms. The summed E-state index contributed by atoms with van der Waals surface area (Å²) in [5.74, 6) is 0.728. The SMILES string of the molecule is CNC1CCC(C)CC1S(=O)C(C)(C)C. The van der Waals surface area contributed by atoms with E-state index in [1.165, 1.54) is 12.8 Å². The second kappa shape index (κ2) is 4.96. The summed E-state index contributed by atoms with van der Waals surface area (Å²) in [7, 11) is 1.26. The van der Waals surface area contributed by atoms with Crippen LogP contribution in [0.2, 0.25) is 0 Å². The molecule has 1 rings (SSSR count). The third-order valence-corrected chi connectivity index (χ3v) is 5.58. The van der Waals surface area contributed by atoms with Gasteiger partial charge in [0.05, 0.1) is 5.25 Å². The Balaban J connectivity index is 2.75. The van der Waals surface area contributed by atoms with E-state index in [1.807, 2.05) is 7.05 Å². The van der Waals surface area contributed by atoms with Gasteiger partial charge in [0.2, 0.25) is 0 Å². The minimum atomic E-state index is -0.737. The molecule has 0 aromatic carbocycles. The molecule has 0 amide bonds. The van der Waals surface area contributed by atoms with Gasteiger partial charge in [-0.25, -0.2) is 0 Å². The Morgan fingerprint density at radius 3 is 2.33 bits per heavy atom. The minimum absolute atomic E-state index is 0.0865. The highest BCUT2D eigenvalue weighted by atomic mass is 32.2. The lowest BCUT2D eigenvalue weighted by Crippen LogP contribution is -2.48. The molecule has 0 heterocycles. The number of nitrogens with one attached hydrogen (secondary N) is 1. The second-order valence-corrected chi connectivity index (χ2v) is 8.19. The Hall–Kier alpha value is 0.110. The molecular weight excluding hydrogens is 206 g/mol. The van der Waals surface area contributed by atoms with Crippen molar-refractivity contribution < 1.29 is 4.21 Å². The molecule has 0 aromatic heterocycles. The van der Waals surface area contributed by atoms with Crippen LogP contribution in [0.1, 0.15) is 47.0 Å². The average molecular weight is 231 g/mol. The van der Waals surface area contributed by atoms with Gasteiger partial charge in [-0.15, -0.1) is 0 Å². The molecule has 0 spiro atoms. The van der Waals surface area contributed by atoms with Gasteiger partial charge in [-0.2, -0.15) is 0 Å². The summed E-state index contributed by atoms with van der Waals surface area (Å²) in [5, 5.41) is 3.67. The third kappa shape index (κ3) is 3.28. The number of rotatable bonds is 2. The predicted molar refractivity (Wildman–Crippen MR) is 67.5 cm³/mol. The summed E-state index contributed by atoms with van der Waals surface area (Å²) in [6.45, 7) is 8.51. The first-order valence-electron chi connectivity index (χ1n) is 5.94. The third-order valence-electron chi connectivity index (χ3n) is 3.30. The summed E-state index contributed by atoms with van der Waals surface area (Å²) >= 11 is 0. The van der Waals surface area contributed by atoms with Crippen molar-refractivity contribution in [3.05, 3.63) is 0 Å². The van der Waals surface area contributed by atoms with Crippen molar-refractivity contribution >= 4 is 10.8 Å². The van der Waals surface area contributed by atoms with E-state index >= 15 is 0 Å². The van der Waals surface area contributed by atoms with Crippen molar-refractivity contribution in [2.75, 3.05) is 7.05 Å². The molecule has 1 fully saturated rings. The molecule has 0 radical (unpaired) electrons. The van der Waals surface area contributed by atoms with Crippen LogP contribution in [0, 0.1) is 5.92 Å². The molecule has 1 saturated carbocycles. The summed E-state index contributed by atoms with van der Waals surface area (Å²) in [6, 6.07) is 0.446. The highest BCUT2D eigenvalue weighted by Gasteiger charge is 2.36. The van der Waals surface area contributed by atoms with Crippen LogP contribution in [0.5, 0.6) is 0 Å². The summed E-state index contributed by atoms with van der Waals surface area (Å²) < 4.78 is 12.3. The lowest BCUT2D eigenvalue weighted by Gasteiger charge is -2.37. The van der Waals surface area contributed by atoms with Crippen molar-refractivity contribution in [1.29, 1.82) is 0 Å². The Kier molecular flexibility index (Phi) is 4.36. The zero-order valence-corrected chi connectivity index (χ0v) is 11.5. The molecule has 1 aliphatic carbocycles. The average Bonchev–Trinajstić information content (AvgIpc) is 2.15. The molecule has 0 aromatic rings. The number of hydrogen-bond donors (Lipinski definition) is 1. The van der Waals surface area contributed by atoms with Gasteiger partial charge < -0.3 is 5.32 Å². The van der Waals surface area contributed by atoms with Crippen molar-refractivity contribution in [1.82, 2.24) is 5.32 Å². The lowest BCUT2D eigenvalue weighted by molar-refractivity contribution is 0.323. The normalized spacial score (nSPS) is 35.1. The van der Waals surface area contributed by atoms with Gasteiger partial charge in [-0.3, -0.25) is 4.21 Å². The van der Waals surface area contributed by atoms with Gasteiger partial charge >= 0.3 is 0 Å². The summed E-state index contributed by atoms with van der Waals surface area (Å²) in [4.78, 5) is 0. The smallest absolute Gasteiger partial charge is 0.0508 e. The fourth-order valence-corrected chi connectivity index (χ4v) is 4.33. The molecule has 1 aliphatic rings. The second-order valence-electron chi connectivity index (χ2n) is 5.76. The molecule has 1 N–H and O–H groups in total. The zero-order chi connectivity index (χ0) is 11.6. The van der Waals surface area contributed by atoms with Gasteiger partial charge in [0.1, 0.15) is 0 Å². The zero-order valence-electron chi connectivity index (χ0n) is 10.7. The van der Waals surface area contributed by atoms with Crippen molar-refractivity contribution in [2.24, 2.45) is 5.92 Å². The van der Waals surface area contributed by atoms with Gasteiger partial charge in [-0.05, 0) is 53.0 Å². The Labute approximate surface area is 96.7 Å². The molecule has 4 atom stereocenters. The molecule has 0 bridgehead atoms. The van der Waals surface area contributed by atoms with Crippen LogP contribution >= 0.6 is 0 Å². The minimum Gasteiger partial charge on any atom is -0.316 e. The Morgan fingerprint density at radius 1 is 1.27 bits per heavy atom. The van der Waals surface area contributed by atoms with E-state index in [-0.39, 0.29) is 4.75 Å². The first kappa shape index (κ1) is 13.2. The monoisotopic (exact) mass is 231 g/mol. The molecule has 2 nitrogen and oxygen atoms in total. The molecule has 4 unspecified atom stereocenters. The van der Waals surface area contributed by atoms with Crippen LogP contribution in [0.4, 0.5) is 0 Å². The summed E-state index contributed by atoms with van der Waals surface area (Å²) in [6.07, 6.45) is 3.54. The van der Waals surface area contributed by atoms with E-state index in [1.54, 1.807) is 0 Å². The highest BCUT2D eigenvalue weighted by molar-refractivity contribution is 7.87. The fourth-order valence-electron chi connectivity index (χ4n) is 2.35. The van der Waals surface area contributed by atoms with E-state index in [2.05, 4.69) is 33.0 Å². The van der Waals surface area contributed by atoms with Gasteiger partial charge in [0.25, 0.3) is 0 Å². The van der Waals surface area contributed by atoms with Crippen LogP contribution in [-0.4, -0.2) is 27.3 Å². The van der Waals surface area contributed by atoms with Crippen molar-refractivity contribution in [3.8, 4) is 0 Å². The van der Waals surface area contributed by atoms with Gasteiger partial charge in [-0.1, -0.05) is 6.92 Å². The lowest BCUT2D eigenvalue weighted by atomic mass is 9.87. The highest BCUT2D eigenvalue weighted by Crippen LogP contribution is 2.31. The Morgan fingerprint density at radius 2 is 1.87 bits per heavy atom. The standard InChI is InChI=1S/C12H25NOS/c1-9-6-7-10(13-5)11(8-9)15(14)12(2,3)4/h9-11,13H,6-8H2,1-5H3. The molecule has 3 heteroatoms. The summed E-state index contributed by atoms with van der Waals surface area (Å²) in [5.41, 5.74) is 0. The molecule has 0 saturated heterocycles. The van der Waals surface area contributed by atoms with Crippen molar-refractivity contribution in [3.63, 3.8) is 0 Å². The fraction of sp³-hybridized carbons (Fsp3) is 1.00. The maximum atomic E-state index is 12.4. The predicted octanol–water partition coefficient (Wildman–Crippen LogP) is 2.31. The van der Waals surface area contributed by atoms with E-state index in [0.717, 1.165) is 12.3 Å².